The molecule has 0 spiro atoms. The lowest BCUT2D eigenvalue weighted by molar-refractivity contribution is 0.479. The Labute approximate surface area is 151 Å². The summed E-state index contributed by atoms with van der Waals surface area (Å²) in [5.41, 5.74) is 0.624. The number of aliphatic imine (C=N–C) groups is 1. The molecule has 0 aliphatic rings. The second kappa shape index (κ2) is 8.71. The van der Waals surface area contributed by atoms with E-state index in [1.54, 1.807) is 12.1 Å². The summed E-state index contributed by atoms with van der Waals surface area (Å²) >= 11 is 6.18. The Morgan fingerprint density at radius 3 is 2.04 bits per heavy atom. The molecule has 4 heteroatoms. The molecular formula is C21H16ClNO2. The molecule has 3 nitrogen and oxygen atoms in total. The number of halogens is 1. The minimum Gasteiger partial charge on any atom is -0.465 e. The molecule has 0 atom stereocenters. The van der Waals surface area contributed by atoms with Crippen molar-refractivity contribution in [3.05, 3.63) is 102 Å². The standard InChI is InChI=1S/C21H16ClNO2/c22-19-13-7-8-14-20(19)23-21(25-18-11-5-2-6-12-18)15-16-24-17-9-3-1-4-10-17/h1-16H. The zero-order chi connectivity index (χ0) is 17.3. The van der Waals surface area contributed by atoms with Crippen LogP contribution in [-0.2, 0) is 0 Å². The summed E-state index contributed by atoms with van der Waals surface area (Å²) in [7, 11) is 0. The van der Waals surface area contributed by atoms with E-state index in [0.717, 1.165) is 5.75 Å². The van der Waals surface area contributed by atoms with Crippen LogP contribution in [0.2, 0.25) is 5.02 Å². The maximum atomic E-state index is 6.18. The molecule has 124 valence electrons. The van der Waals surface area contributed by atoms with Crippen LogP contribution in [0.4, 0.5) is 5.69 Å². The molecule has 0 unspecified atom stereocenters. The first kappa shape index (κ1) is 16.8. The van der Waals surface area contributed by atoms with E-state index in [9.17, 15) is 0 Å². The fourth-order valence-corrected chi connectivity index (χ4v) is 2.21. The minimum atomic E-state index is 0.371. The summed E-state index contributed by atoms with van der Waals surface area (Å²) in [6, 6.07) is 26.2. The Morgan fingerprint density at radius 2 is 1.36 bits per heavy atom. The molecule has 3 aromatic carbocycles. The molecule has 0 fully saturated rings. The Morgan fingerprint density at radius 1 is 0.760 bits per heavy atom. The van der Waals surface area contributed by atoms with Gasteiger partial charge in [-0.15, -0.1) is 0 Å². The molecule has 0 radical (unpaired) electrons. The molecule has 3 aromatic rings. The van der Waals surface area contributed by atoms with Crippen LogP contribution in [0.25, 0.3) is 0 Å². The van der Waals surface area contributed by atoms with Crippen molar-refractivity contribution in [1.82, 2.24) is 0 Å². The highest BCUT2D eigenvalue weighted by Crippen LogP contribution is 2.24. The maximum absolute atomic E-state index is 6.18. The molecule has 0 heterocycles. The van der Waals surface area contributed by atoms with Gasteiger partial charge in [-0.3, -0.25) is 0 Å². The van der Waals surface area contributed by atoms with Crippen molar-refractivity contribution < 1.29 is 9.47 Å². The molecule has 0 aliphatic carbocycles. The molecule has 0 N–H and O–H groups in total. The van der Waals surface area contributed by atoms with Crippen molar-refractivity contribution >= 4 is 23.2 Å². The molecular weight excluding hydrogens is 334 g/mol. The number of ether oxygens (including phenoxy) is 2. The van der Waals surface area contributed by atoms with Gasteiger partial charge in [0.1, 0.15) is 11.5 Å². The van der Waals surface area contributed by atoms with Gasteiger partial charge in [0, 0.05) is 6.08 Å². The Bertz CT molecular complexity index is 861. The van der Waals surface area contributed by atoms with Crippen LogP contribution < -0.4 is 9.47 Å². The van der Waals surface area contributed by atoms with E-state index in [4.69, 9.17) is 21.1 Å². The van der Waals surface area contributed by atoms with Crippen molar-refractivity contribution in [1.29, 1.82) is 0 Å². The van der Waals surface area contributed by atoms with Gasteiger partial charge in [-0.2, -0.15) is 0 Å². The summed E-state index contributed by atoms with van der Waals surface area (Å²) in [5.74, 6) is 1.78. The smallest absolute Gasteiger partial charge is 0.222 e. The van der Waals surface area contributed by atoms with E-state index in [-0.39, 0.29) is 0 Å². The predicted octanol–water partition coefficient (Wildman–Crippen LogP) is 6.04. The quantitative estimate of drug-likeness (QED) is 0.319. The molecule has 0 aromatic heterocycles. The summed E-state index contributed by atoms with van der Waals surface area (Å²) < 4.78 is 11.4. The van der Waals surface area contributed by atoms with Crippen LogP contribution in [0, 0.1) is 0 Å². The molecule has 0 saturated heterocycles. The number of hydrogen-bond acceptors (Lipinski definition) is 3. The fourth-order valence-electron chi connectivity index (χ4n) is 2.03. The predicted molar refractivity (Wildman–Crippen MR) is 102 cm³/mol. The third kappa shape index (κ3) is 5.23. The Kier molecular flexibility index (Phi) is 5.86. The number of nitrogens with zero attached hydrogens (tertiary/aromatic N) is 1. The van der Waals surface area contributed by atoms with Gasteiger partial charge in [-0.25, -0.2) is 4.99 Å². The third-order valence-electron chi connectivity index (χ3n) is 3.21. The first-order valence-electron chi connectivity index (χ1n) is 7.75. The number of rotatable bonds is 5. The highest BCUT2D eigenvalue weighted by atomic mass is 35.5. The van der Waals surface area contributed by atoms with Gasteiger partial charge in [-0.05, 0) is 36.4 Å². The molecule has 0 saturated carbocycles. The van der Waals surface area contributed by atoms with E-state index >= 15 is 0 Å². The zero-order valence-electron chi connectivity index (χ0n) is 13.4. The largest absolute Gasteiger partial charge is 0.465 e. The lowest BCUT2D eigenvalue weighted by Crippen LogP contribution is -2.05. The average Bonchev–Trinajstić information content (AvgIpc) is 2.65. The van der Waals surface area contributed by atoms with E-state index in [1.807, 2.05) is 78.9 Å². The maximum Gasteiger partial charge on any atom is 0.222 e. The highest BCUT2D eigenvalue weighted by Gasteiger charge is 2.03. The van der Waals surface area contributed by atoms with Gasteiger partial charge in [0.2, 0.25) is 5.90 Å². The normalized spacial score (nSPS) is 11.5. The molecule has 25 heavy (non-hydrogen) atoms. The van der Waals surface area contributed by atoms with Crippen LogP contribution in [0.3, 0.4) is 0 Å². The number of hydrogen-bond donors (Lipinski definition) is 0. The fraction of sp³-hybridized carbons (Fsp3) is 0. The van der Waals surface area contributed by atoms with Crippen molar-refractivity contribution in [2.45, 2.75) is 0 Å². The highest BCUT2D eigenvalue weighted by molar-refractivity contribution is 6.33. The third-order valence-corrected chi connectivity index (χ3v) is 3.53. The Hall–Kier alpha value is -3.04. The minimum absolute atomic E-state index is 0.371. The number of para-hydroxylation sites is 3. The van der Waals surface area contributed by atoms with Crippen molar-refractivity contribution in [3.63, 3.8) is 0 Å². The molecule has 3 rings (SSSR count). The van der Waals surface area contributed by atoms with Crippen molar-refractivity contribution in [2.24, 2.45) is 4.99 Å². The summed E-state index contributed by atoms with van der Waals surface area (Å²) in [6.45, 7) is 0. The van der Waals surface area contributed by atoms with Gasteiger partial charge in [-0.1, -0.05) is 60.1 Å². The van der Waals surface area contributed by atoms with Gasteiger partial charge in [0.25, 0.3) is 0 Å². The zero-order valence-corrected chi connectivity index (χ0v) is 14.1. The van der Waals surface area contributed by atoms with Gasteiger partial charge < -0.3 is 9.47 Å². The first-order valence-corrected chi connectivity index (χ1v) is 8.13. The van der Waals surface area contributed by atoms with E-state index in [1.165, 1.54) is 6.26 Å². The van der Waals surface area contributed by atoms with Crippen LogP contribution in [-0.4, -0.2) is 5.90 Å². The summed E-state index contributed by atoms with van der Waals surface area (Å²) in [4.78, 5) is 4.48. The lowest BCUT2D eigenvalue weighted by atomic mass is 10.3. The number of benzene rings is 3. The van der Waals surface area contributed by atoms with Crippen LogP contribution >= 0.6 is 11.6 Å². The molecule has 0 aliphatic heterocycles. The van der Waals surface area contributed by atoms with Gasteiger partial charge >= 0.3 is 0 Å². The van der Waals surface area contributed by atoms with Crippen LogP contribution in [0.5, 0.6) is 11.5 Å². The second-order valence-corrected chi connectivity index (χ2v) is 5.46. The second-order valence-electron chi connectivity index (χ2n) is 5.05. The van der Waals surface area contributed by atoms with E-state index in [0.29, 0.717) is 22.4 Å². The van der Waals surface area contributed by atoms with Gasteiger partial charge in [0.15, 0.2) is 0 Å². The summed E-state index contributed by atoms with van der Waals surface area (Å²) in [5, 5.41) is 0.550. The van der Waals surface area contributed by atoms with Crippen molar-refractivity contribution in [2.75, 3.05) is 0 Å². The van der Waals surface area contributed by atoms with Crippen LogP contribution in [0.15, 0.2) is 102 Å². The Balaban J connectivity index is 1.82. The SMILES string of the molecule is Clc1ccccc1N=C(C=COc1ccccc1)Oc1ccccc1. The topological polar surface area (TPSA) is 30.8 Å². The van der Waals surface area contributed by atoms with Gasteiger partial charge in [0.05, 0.1) is 17.0 Å². The van der Waals surface area contributed by atoms with E-state index in [2.05, 4.69) is 4.99 Å². The van der Waals surface area contributed by atoms with Crippen LogP contribution in [0.1, 0.15) is 0 Å². The summed E-state index contributed by atoms with van der Waals surface area (Å²) in [6.07, 6.45) is 3.19. The van der Waals surface area contributed by atoms with E-state index < -0.39 is 0 Å². The lowest BCUT2D eigenvalue weighted by Gasteiger charge is -2.06. The first-order chi connectivity index (χ1) is 12.3. The average molecular weight is 350 g/mol. The van der Waals surface area contributed by atoms with Crippen molar-refractivity contribution in [3.8, 4) is 11.5 Å². The monoisotopic (exact) mass is 349 g/mol. The molecule has 0 amide bonds. The molecule has 0 bridgehead atoms.